The first-order valence-electron chi connectivity index (χ1n) is 5.35. The fraction of sp³-hybridized carbons (Fsp3) is 0.0769. The predicted molar refractivity (Wildman–Crippen MR) is 75.8 cm³/mol. The highest BCUT2D eigenvalue weighted by atomic mass is 35.5. The van der Waals surface area contributed by atoms with Gasteiger partial charge in [-0.1, -0.05) is 40.4 Å². The molecule has 6 heteroatoms. The normalized spacial score (nSPS) is 9.32. The number of carbonyl (C=O) groups is 1. The largest absolute Gasteiger partial charge is 0.459 e. The SMILES string of the molecule is O=C(C#[N+][N-]c1ccc(Cl)cc1)OCc1cccs1. The Morgan fingerprint density at radius 1 is 1.37 bits per heavy atom. The minimum absolute atomic E-state index is 0.222. The third-order valence-corrected chi connectivity index (χ3v) is 3.16. The van der Waals surface area contributed by atoms with Gasteiger partial charge in [-0.2, -0.15) is 0 Å². The second-order valence-corrected chi connectivity index (χ2v) is 4.91. The van der Waals surface area contributed by atoms with E-state index in [4.69, 9.17) is 16.3 Å². The Morgan fingerprint density at radius 2 is 2.16 bits per heavy atom. The molecular formula is C13H9ClN2O2S. The van der Waals surface area contributed by atoms with E-state index < -0.39 is 5.97 Å². The van der Waals surface area contributed by atoms with Crippen molar-refractivity contribution in [3.63, 3.8) is 0 Å². The maximum Gasteiger partial charge on any atom is 0.459 e. The summed E-state index contributed by atoms with van der Waals surface area (Å²) in [6.07, 6.45) is 0. The lowest BCUT2D eigenvalue weighted by Gasteiger charge is -1.99. The Kier molecular flexibility index (Phi) is 4.78. The fourth-order valence-corrected chi connectivity index (χ4v) is 1.94. The third kappa shape index (κ3) is 4.62. The fourth-order valence-electron chi connectivity index (χ4n) is 1.19. The van der Waals surface area contributed by atoms with Crippen LogP contribution in [0.3, 0.4) is 0 Å². The van der Waals surface area contributed by atoms with Gasteiger partial charge >= 0.3 is 12.0 Å². The molecule has 0 aliphatic rings. The molecule has 0 bridgehead atoms. The molecule has 0 fully saturated rings. The van der Waals surface area contributed by atoms with Gasteiger partial charge in [-0.25, -0.2) is 4.79 Å². The van der Waals surface area contributed by atoms with E-state index in [0.29, 0.717) is 10.7 Å². The topological polar surface area (TPSA) is 44.8 Å². The van der Waals surface area contributed by atoms with Crippen LogP contribution in [0, 0.1) is 6.07 Å². The minimum atomic E-state index is -0.647. The monoisotopic (exact) mass is 292 g/mol. The summed E-state index contributed by atoms with van der Waals surface area (Å²) in [4.78, 5) is 15.8. The van der Waals surface area contributed by atoms with E-state index in [-0.39, 0.29) is 6.61 Å². The van der Waals surface area contributed by atoms with E-state index in [1.165, 1.54) is 11.3 Å². The van der Waals surface area contributed by atoms with Crippen LogP contribution in [0.15, 0.2) is 41.8 Å². The van der Waals surface area contributed by atoms with Crippen molar-refractivity contribution in [1.29, 1.82) is 0 Å². The summed E-state index contributed by atoms with van der Waals surface area (Å²) in [5, 5.41) is 2.53. The molecule has 0 saturated heterocycles. The molecule has 96 valence electrons. The highest BCUT2D eigenvalue weighted by molar-refractivity contribution is 7.09. The van der Waals surface area contributed by atoms with Crippen LogP contribution in [-0.4, -0.2) is 5.97 Å². The van der Waals surface area contributed by atoms with Gasteiger partial charge in [-0.15, -0.1) is 11.3 Å². The number of halogens is 1. The van der Waals surface area contributed by atoms with Gasteiger partial charge in [0.15, 0.2) is 0 Å². The zero-order valence-corrected chi connectivity index (χ0v) is 11.3. The van der Waals surface area contributed by atoms with Crippen LogP contribution in [0.5, 0.6) is 0 Å². The molecule has 0 spiro atoms. The van der Waals surface area contributed by atoms with Gasteiger partial charge in [-0.3, -0.25) is 5.43 Å². The molecule has 0 aliphatic carbocycles. The van der Waals surface area contributed by atoms with Gasteiger partial charge in [-0.05, 0) is 23.6 Å². The van der Waals surface area contributed by atoms with E-state index in [0.717, 1.165) is 4.88 Å². The van der Waals surface area contributed by atoms with Crippen LogP contribution >= 0.6 is 22.9 Å². The molecule has 1 heterocycles. The van der Waals surface area contributed by atoms with Crippen molar-refractivity contribution < 1.29 is 9.53 Å². The lowest BCUT2D eigenvalue weighted by Crippen LogP contribution is -1.99. The average molecular weight is 293 g/mol. The first kappa shape index (κ1) is 13.4. The van der Waals surface area contributed by atoms with Crippen molar-refractivity contribution >= 4 is 34.6 Å². The van der Waals surface area contributed by atoms with Gasteiger partial charge in [0.05, 0.1) is 0 Å². The first-order chi connectivity index (χ1) is 9.24. The van der Waals surface area contributed by atoms with Crippen LogP contribution in [-0.2, 0) is 16.1 Å². The van der Waals surface area contributed by atoms with Gasteiger partial charge in [0.2, 0.25) is 0 Å². The van der Waals surface area contributed by atoms with Crippen LogP contribution in [0.1, 0.15) is 4.88 Å². The number of benzene rings is 1. The quantitative estimate of drug-likeness (QED) is 0.478. The minimum Gasteiger partial charge on any atom is -0.446 e. The van der Waals surface area contributed by atoms with E-state index in [2.05, 4.69) is 16.4 Å². The number of esters is 1. The Labute approximate surface area is 119 Å². The zero-order chi connectivity index (χ0) is 13.5. The number of carbonyl (C=O) groups excluding carboxylic acids is 1. The molecule has 1 aromatic heterocycles. The number of ether oxygens (including phenoxy) is 1. The molecule has 0 radical (unpaired) electrons. The van der Waals surface area contributed by atoms with Crippen LogP contribution in [0.25, 0.3) is 10.4 Å². The molecule has 1 aromatic carbocycles. The molecular weight excluding hydrogens is 284 g/mol. The smallest absolute Gasteiger partial charge is 0.446 e. The molecule has 0 amide bonds. The van der Waals surface area contributed by atoms with Crippen molar-refractivity contribution in [1.82, 2.24) is 0 Å². The molecule has 0 atom stereocenters. The summed E-state index contributed by atoms with van der Waals surface area (Å²) < 4.78 is 4.93. The molecule has 0 N–H and O–H groups in total. The van der Waals surface area contributed by atoms with Crippen LogP contribution in [0.2, 0.25) is 5.02 Å². The maximum absolute atomic E-state index is 11.3. The van der Waals surface area contributed by atoms with Crippen molar-refractivity contribution in [2.45, 2.75) is 6.61 Å². The second kappa shape index (κ2) is 6.78. The zero-order valence-electron chi connectivity index (χ0n) is 9.75. The Balaban J connectivity index is 1.79. The number of nitrogens with zero attached hydrogens (tertiary/aromatic N) is 2. The highest BCUT2D eigenvalue weighted by Crippen LogP contribution is 2.20. The lowest BCUT2D eigenvalue weighted by atomic mass is 10.3. The molecule has 19 heavy (non-hydrogen) atoms. The third-order valence-electron chi connectivity index (χ3n) is 2.06. The molecule has 2 rings (SSSR count). The van der Waals surface area contributed by atoms with Crippen molar-refractivity contribution in [2.24, 2.45) is 0 Å². The predicted octanol–water partition coefficient (Wildman–Crippen LogP) is 4.40. The molecule has 0 saturated carbocycles. The summed E-state index contributed by atoms with van der Waals surface area (Å²) >= 11 is 7.24. The number of rotatable bonds is 3. The summed E-state index contributed by atoms with van der Waals surface area (Å²) in [5.41, 5.74) is 4.38. The van der Waals surface area contributed by atoms with E-state index >= 15 is 0 Å². The Bertz CT molecular complexity index is 600. The summed E-state index contributed by atoms with van der Waals surface area (Å²) in [7, 11) is 0. The molecule has 2 aromatic rings. The second-order valence-electron chi connectivity index (χ2n) is 3.44. The lowest BCUT2D eigenvalue weighted by molar-refractivity contribution is -0.137. The number of thiophene rings is 1. The van der Waals surface area contributed by atoms with Gasteiger partial charge in [0, 0.05) is 9.90 Å². The van der Waals surface area contributed by atoms with E-state index in [1.807, 2.05) is 17.5 Å². The van der Waals surface area contributed by atoms with Gasteiger partial charge in [0.25, 0.3) is 0 Å². The Hall–Kier alpha value is -2.03. The average Bonchev–Trinajstić information content (AvgIpc) is 2.92. The number of hydrogen-bond donors (Lipinski definition) is 0. The van der Waals surface area contributed by atoms with Gasteiger partial charge < -0.3 is 4.74 Å². The molecule has 0 aliphatic heterocycles. The Morgan fingerprint density at radius 3 is 2.84 bits per heavy atom. The molecule has 0 unspecified atom stereocenters. The number of hydrogen-bond acceptors (Lipinski definition) is 3. The standard InChI is InChI=1S/C13H9ClN2O2S/c14-10-3-5-11(6-4-10)16-15-8-13(17)18-9-12-2-1-7-19-12/h1-7H,9H2. The van der Waals surface area contributed by atoms with Crippen LogP contribution < -0.4 is 0 Å². The summed E-state index contributed by atoms with van der Waals surface area (Å²) in [6, 6.07) is 12.7. The summed E-state index contributed by atoms with van der Waals surface area (Å²) in [6.45, 7) is 0.222. The van der Waals surface area contributed by atoms with E-state index in [1.54, 1.807) is 24.3 Å². The maximum atomic E-state index is 11.3. The highest BCUT2D eigenvalue weighted by Gasteiger charge is 2.05. The van der Waals surface area contributed by atoms with E-state index in [9.17, 15) is 4.79 Å². The van der Waals surface area contributed by atoms with Crippen molar-refractivity contribution in [3.8, 4) is 6.07 Å². The molecule has 4 nitrogen and oxygen atoms in total. The van der Waals surface area contributed by atoms with Crippen molar-refractivity contribution in [3.05, 3.63) is 62.1 Å². The summed E-state index contributed by atoms with van der Waals surface area (Å²) in [5.74, 6) is -0.647. The van der Waals surface area contributed by atoms with Crippen LogP contribution in [0.4, 0.5) is 5.69 Å². The van der Waals surface area contributed by atoms with Gasteiger partial charge in [0.1, 0.15) is 6.61 Å². The van der Waals surface area contributed by atoms with Crippen molar-refractivity contribution in [2.75, 3.05) is 0 Å². The first-order valence-corrected chi connectivity index (χ1v) is 6.61.